The molecule has 33 heavy (non-hydrogen) atoms. The largest absolute Gasteiger partial charge is 0.453 e. The number of alkyl halides is 3. The Morgan fingerprint density at radius 3 is 2.03 bits per heavy atom. The van der Waals surface area contributed by atoms with E-state index in [1.165, 1.54) is 24.3 Å². The number of rotatable bonds is 4. The van der Waals surface area contributed by atoms with Crippen molar-refractivity contribution in [1.29, 1.82) is 0 Å². The highest BCUT2D eigenvalue weighted by Gasteiger charge is 2.40. The van der Waals surface area contributed by atoms with Crippen LogP contribution in [0, 0.1) is 13.8 Å². The molecule has 0 aliphatic rings. The first-order valence-corrected chi connectivity index (χ1v) is 9.83. The molecule has 1 aromatic heterocycles. The van der Waals surface area contributed by atoms with Gasteiger partial charge >= 0.3 is 12.1 Å². The van der Waals surface area contributed by atoms with Crippen LogP contribution in [0.25, 0.3) is 11.0 Å². The van der Waals surface area contributed by atoms with Crippen LogP contribution < -0.4 is 14.9 Å². The first kappa shape index (κ1) is 22.1. The molecular weight excluding hydrogens is 437 g/mol. The average molecular weight is 454 g/mol. The van der Waals surface area contributed by atoms with Crippen LogP contribution in [0.15, 0.2) is 75.9 Å². The van der Waals surface area contributed by atoms with Gasteiger partial charge in [-0.05, 0) is 50.2 Å². The average Bonchev–Trinajstić information content (AvgIpc) is 2.76. The van der Waals surface area contributed by atoms with Crippen molar-refractivity contribution in [3.05, 3.63) is 99.4 Å². The van der Waals surface area contributed by atoms with Gasteiger partial charge in [-0.25, -0.2) is 4.79 Å². The number of hydrogen-bond acceptors (Lipinski definition) is 5. The van der Waals surface area contributed by atoms with Gasteiger partial charge in [0.25, 0.3) is 5.76 Å². The van der Waals surface area contributed by atoms with Crippen LogP contribution >= 0.6 is 0 Å². The van der Waals surface area contributed by atoms with E-state index in [2.05, 4.69) is 0 Å². The molecule has 8 heteroatoms. The Kier molecular flexibility index (Phi) is 5.68. The van der Waals surface area contributed by atoms with Crippen LogP contribution in [0.3, 0.4) is 0 Å². The summed E-state index contributed by atoms with van der Waals surface area (Å²) in [6.07, 6.45) is -5.00. The Labute approximate surface area is 186 Å². The van der Waals surface area contributed by atoms with Gasteiger partial charge in [0.2, 0.25) is 11.2 Å². The van der Waals surface area contributed by atoms with Crippen LogP contribution in [-0.4, -0.2) is 5.97 Å². The van der Waals surface area contributed by atoms with Crippen molar-refractivity contribution >= 4 is 16.9 Å². The Bertz CT molecular complexity index is 1390. The van der Waals surface area contributed by atoms with E-state index >= 15 is 0 Å². The SMILES string of the molecule is Cc1ccc(Oc2c(C(F)(F)F)oc3cc(OC(=O)c4ccc(C)cc4)ccc3c2=O)cc1. The van der Waals surface area contributed by atoms with E-state index in [1.54, 1.807) is 43.3 Å². The summed E-state index contributed by atoms with van der Waals surface area (Å²) in [6.45, 7) is 3.66. The molecule has 0 saturated carbocycles. The highest BCUT2D eigenvalue weighted by Crippen LogP contribution is 2.38. The molecular formula is C25H17F3O5. The van der Waals surface area contributed by atoms with Crippen molar-refractivity contribution in [2.75, 3.05) is 0 Å². The lowest BCUT2D eigenvalue weighted by Gasteiger charge is -2.13. The van der Waals surface area contributed by atoms with Gasteiger partial charge in [0.1, 0.15) is 17.1 Å². The molecule has 168 valence electrons. The molecule has 0 radical (unpaired) electrons. The lowest BCUT2D eigenvalue weighted by molar-refractivity contribution is -0.154. The molecule has 4 rings (SSSR count). The minimum absolute atomic E-state index is 0.0569. The maximum absolute atomic E-state index is 13.7. The predicted octanol–water partition coefficient (Wildman–Crippen LogP) is 6.44. The molecule has 0 atom stereocenters. The van der Waals surface area contributed by atoms with Gasteiger partial charge in [-0.15, -0.1) is 0 Å². The summed E-state index contributed by atoms with van der Waals surface area (Å²) in [5.41, 5.74) is 0.692. The first-order chi connectivity index (χ1) is 15.6. The Balaban J connectivity index is 1.74. The molecule has 3 aromatic carbocycles. The van der Waals surface area contributed by atoms with Crippen LogP contribution in [0.4, 0.5) is 13.2 Å². The third-order valence-electron chi connectivity index (χ3n) is 4.82. The quantitative estimate of drug-likeness (QED) is 0.262. The van der Waals surface area contributed by atoms with Crippen molar-refractivity contribution in [2.24, 2.45) is 0 Å². The van der Waals surface area contributed by atoms with Crippen LogP contribution in [0.2, 0.25) is 0 Å². The minimum Gasteiger partial charge on any atom is -0.449 e. The van der Waals surface area contributed by atoms with Crippen LogP contribution in [0.1, 0.15) is 27.2 Å². The molecule has 0 aliphatic heterocycles. The number of fused-ring (bicyclic) bond motifs is 1. The molecule has 4 aromatic rings. The molecule has 0 amide bonds. The highest BCUT2D eigenvalue weighted by molar-refractivity contribution is 5.91. The number of hydrogen-bond donors (Lipinski definition) is 0. The van der Waals surface area contributed by atoms with Gasteiger partial charge in [0, 0.05) is 6.07 Å². The van der Waals surface area contributed by atoms with Gasteiger partial charge in [-0.2, -0.15) is 13.2 Å². The van der Waals surface area contributed by atoms with Gasteiger partial charge in [0.15, 0.2) is 0 Å². The maximum Gasteiger partial charge on any atom is 0.453 e. The smallest absolute Gasteiger partial charge is 0.449 e. The summed E-state index contributed by atoms with van der Waals surface area (Å²) < 4.78 is 56.6. The van der Waals surface area contributed by atoms with E-state index in [-0.39, 0.29) is 22.4 Å². The van der Waals surface area contributed by atoms with Crippen LogP contribution in [0.5, 0.6) is 17.2 Å². The Morgan fingerprint density at radius 1 is 0.848 bits per heavy atom. The molecule has 0 unspecified atom stereocenters. The number of aryl methyl sites for hydroxylation is 2. The fourth-order valence-electron chi connectivity index (χ4n) is 3.08. The maximum atomic E-state index is 13.7. The zero-order valence-corrected chi connectivity index (χ0v) is 17.5. The van der Waals surface area contributed by atoms with E-state index in [0.29, 0.717) is 0 Å². The summed E-state index contributed by atoms with van der Waals surface area (Å²) >= 11 is 0. The molecule has 0 spiro atoms. The third-order valence-corrected chi connectivity index (χ3v) is 4.82. The fraction of sp³-hybridized carbons (Fsp3) is 0.120. The Hall–Kier alpha value is -4.07. The van der Waals surface area contributed by atoms with Gasteiger partial charge in [-0.3, -0.25) is 4.79 Å². The summed E-state index contributed by atoms with van der Waals surface area (Å²) in [6, 6.07) is 16.3. The van der Waals surface area contributed by atoms with Crippen LogP contribution in [-0.2, 0) is 6.18 Å². The van der Waals surface area contributed by atoms with Gasteiger partial charge in [0.05, 0.1) is 10.9 Å². The van der Waals surface area contributed by atoms with Crippen molar-refractivity contribution in [3.63, 3.8) is 0 Å². The summed E-state index contributed by atoms with van der Waals surface area (Å²) in [7, 11) is 0. The van der Waals surface area contributed by atoms with Crippen molar-refractivity contribution in [3.8, 4) is 17.2 Å². The van der Waals surface area contributed by atoms with E-state index in [1.807, 2.05) is 6.92 Å². The summed E-state index contributed by atoms with van der Waals surface area (Å²) in [5.74, 6) is -3.27. The summed E-state index contributed by atoms with van der Waals surface area (Å²) in [5, 5.41) is -0.153. The zero-order chi connectivity index (χ0) is 23.8. The number of halogens is 3. The highest BCUT2D eigenvalue weighted by atomic mass is 19.4. The molecule has 0 fully saturated rings. The molecule has 0 saturated heterocycles. The van der Waals surface area contributed by atoms with E-state index in [4.69, 9.17) is 13.9 Å². The number of benzene rings is 3. The monoisotopic (exact) mass is 454 g/mol. The molecule has 0 bridgehead atoms. The molecule has 0 aliphatic carbocycles. The Morgan fingerprint density at radius 2 is 1.42 bits per heavy atom. The topological polar surface area (TPSA) is 65.7 Å². The number of carbonyl (C=O) groups excluding carboxylic acids is 1. The lowest BCUT2D eigenvalue weighted by atomic mass is 10.1. The number of carbonyl (C=O) groups is 1. The summed E-state index contributed by atoms with van der Waals surface area (Å²) in [4.78, 5) is 25.2. The number of ether oxygens (including phenoxy) is 2. The second kappa shape index (κ2) is 8.46. The number of esters is 1. The second-order valence-electron chi connectivity index (χ2n) is 7.42. The normalized spacial score (nSPS) is 11.4. The van der Waals surface area contributed by atoms with E-state index in [0.717, 1.165) is 17.2 Å². The van der Waals surface area contributed by atoms with E-state index in [9.17, 15) is 22.8 Å². The minimum atomic E-state index is -5.00. The molecule has 5 nitrogen and oxygen atoms in total. The van der Waals surface area contributed by atoms with Gasteiger partial charge in [-0.1, -0.05) is 35.4 Å². The van der Waals surface area contributed by atoms with E-state index < -0.39 is 34.7 Å². The zero-order valence-electron chi connectivity index (χ0n) is 17.5. The first-order valence-electron chi connectivity index (χ1n) is 9.83. The van der Waals surface area contributed by atoms with Gasteiger partial charge < -0.3 is 13.9 Å². The predicted molar refractivity (Wildman–Crippen MR) is 115 cm³/mol. The second-order valence-corrected chi connectivity index (χ2v) is 7.42. The lowest BCUT2D eigenvalue weighted by Crippen LogP contribution is -2.15. The third kappa shape index (κ3) is 4.74. The fourth-order valence-corrected chi connectivity index (χ4v) is 3.08. The molecule has 0 N–H and O–H groups in total. The molecule has 1 heterocycles. The standard InChI is InChI=1S/C25H17F3O5/c1-14-3-7-16(8-4-14)24(30)32-18-11-12-19-20(13-18)33-23(25(26,27)28)22(21(19)29)31-17-9-5-15(2)6-10-17/h3-13H,1-2H3. The van der Waals surface area contributed by atoms with Crippen molar-refractivity contribution in [2.45, 2.75) is 20.0 Å². The van der Waals surface area contributed by atoms with Crippen molar-refractivity contribution < 1.29 is 31.9 Å². The van der Waals surface area contributed by atoms with Crippen molar-refractivity contribution in [1.82, 2.24) is 0 Å².